The Labute approximate surface area is 121 Å². The molecule has 2 fully saturated rings. The lowest BCUT2D eigenvalue weighted by atomic mass is 9.85. The number of rotatable bonds is 2. The van der Waals surface area contributed by atoms with Gasteiger partial charge in [-0.2, -0.15) is 0 Å². The summed E-state index contributed by atoms with van der Waals surface area (Å²) in [6.45, 7) is 0. The molecule has 5 nitrogen and oxygen atoms in total. The van der Waals surface area contributed by atoms with Gasteiger partial charge >= 0.3 is 12.1 Å². The van der Waals surface area contributed by atoms with Crippen molar-refractivity contribution in [1.29, 1.82) is 0 Å². The Balaban J connectivity index is 1.44. The molecular formula is C16H15NO4. The molecule has 5 atom stereocenters. The van der Waals surface area contributed by atoms with E-state index in [0.717, 1.165) is 6.42 Å². The summed E-state index contributed by atoms with van der Waals surface area (Å²) < 4.78 is 10.6. The second-order valence-electron chi connectivity index (χ2n) is 5.75. The van der Waals surface area contributed by atoms with Crippen LogP contribution in [-0.2, 0) is 14.3 Å². The summed E-state index contributed by atoms with van der Waals surface area (Å²) in [5, 5.41) is 2.64. The van der Waals surface area contributed by atoms with Crippen molar-refractivity contribution in [3.8, 4) is 0 Å². The summed E-state index contributed by atoms with van der Waals surface area (Å²) in [6, 6.07) is 9.04. The third-order valence-electron chi connectivity index (χ3n) is 4.58. The minimum Gasteiger partial charge on any atom is -0.424 e. The molecule has 0 spiro atoms. The van der Waals surface area contributed by atoms with Gasteiger partial charge in [-0.3, -0.25) is 10.1 Å². The minimum atomic E-state index is -0.772. The number of ether oxygens (including phenoxy) is 2. The lowest BCUT2D eigenvalue weighted by molar-refractivity contribution is -0.158. The van der Waals surface area contributed by atoms with Gasteiger partial charge < -0.3 is 9.47 Å². The van der Waals surface area contributed by atoms with Gasteiger partial charge in [0.15, 0.2) is 0 Å². The van der Waals surface area contributed by atoms with Crippen molar-refractivity contribution in [1.82, 2.24) is 0 Å². The Morgan fingerprint density at radius 1 is 1.19 bits per heavy atom. The molecule has 1 heterocycles. The maximum Gasteiger partial charge on any atom is 0.414 e. The number of esters is 1. The third kappa shape index (κ3) is 2.00. The average molecular weight is 285 g/mol. The Hall–Kier alpha value is -2.30. The van der Waals surface area contributed by atoms with Crippen molar-refractivity contribution in [2.45, 2.75) is 12.7 Å². The molecule has 108 valence electrons. The number of cyclic esters (lactones) is 1. The van der Waals surface area contributed by atoms with Crippen LogP contribution in [0.25, 0.3) is 0 Å². The molecular weight excluding hydrogens is 270 g/mol. The van der Waals surface area contributed by atoms with Gasteiger partial charge in [-0.05, 0) is 30.4 Å². The average Bonchev–Trinajstić information content (AvgIpc) is 3.14. The van der Waals surface area contributed by atoms with Crippen LogP contribution in [0.15, 0.2) is 42.5 Å². The quantitative estimate of drug-likeness (QED) is 0.670. The third-order valence-corrected chi connectivity index (χ3v) is 4.58. The Kier molecular flexibility index (Phi) is 2.74. The Morgan fingerprint density at radius 2 is 1.95 bits per heavy atom. The molecule has 2 aliphatic carbocycles. The molecule has 0 radical (unpaired) electrons. The maximum absolute atomic E-state index is 11.9. The van der Waals surface area contributed by atoms with E-state index in [0.29, 0.717) is 5.69 Å². The summed E-state index contributed by atoms with van der Waals surface area (Å²) in [4.78, 5) is 23.9. The minimum absolute atomic E-state index is 0.0333. The summed E-state index contributed by atoms with van der Waals surface area (Å²) >= 11 is 0. The number of amides is 1. The first-order chi connectivity index (χ1) is 10.2. The van der Waals surface area contributed by atoms with Gasteiger partial charge in [0.1, 0.15) is 0 Å². The van der Waals surface area contributed by atoms with Gasteiger partial charge in [0.05, 0.1) is 11.8 Å². The van der Waals surface area contributed by atoms with Gasteiger partial charge in [0.2, 0.25) is 0 Å². The number of nitrogens with one attached hydrogen (secondary N) is 1. The van der Waals surface area contributed by atoms with Crippen LogP contribution in [0, 0.1) is 23.7 Å². The van der Waals surface area contributed by atoms with Crippen molar-refractivity contribution in [2.24, 2.45) is 23.7 Å². The van der Waals surface area contributed by atoms with Gasteiger partial charge in [0, 0.05) is 5.69 Å². The first-order valence-corrected chi connectivity index (χ1v) is 7.14. The normalized spacial score (nSPS) is 35.4. The molecule has 5 heteroatoms. The van der Waals surface area contributed by atoms with Crippen molar-refractivity contribution < 1.29 is 19.1 Å². The highest BCUT2D eigenvalue weighted by Gasteiger charge is 2.59. The zero-order valence-electron chi connectivity index (χ0n) is 11.3. The van der Waals surface area contributed by atoms with E-state index < -0.39 is 12.4 Å². The number of hydrogen-bond donors (Lipinski definition) is 1. The van der Waals surface area contributed by atoms with Crippen LogP contribution >= 0.6 is 0 Å². The number of hydrogen-bond acceptors (Lipinski definition) is 4. The Bertz CT molecular complexity index is 612. The highest BCUT2D eigenvalue weighted by Crippen LogP contribution is 2.53. The first-order valence-electron chi connectivity index (χ1n) is 7.14. The summed E-state index contributed by atoms with van der Waals surface area (Å²) in [5.74, 6) is 0.108. The van der Waals surface area contributed by atoms with Crippen LogP contribution in [0.4, 0.5) is 10.5 Å². The SMILES string of the molecule is O=C(Nc1ccccc1)OC1OC(=O)C2C3C=CC(C3)C12. The maximum atomic E-state index is 11.9. The van der Waals surface area contributed by atoms with Gasteiger partial charge in [-0.1, -0.05) is 30.4 Å². The molecule has 1 amide bonds. The second-order valence-corrected chi connectivity index (χ2v) is 5.75. The molecule has 4 rings (SSSR count). The van der Waals surface area contributed by atoms with Crippen LogP contribution in [0.5, 0.6) is 0 Å². The molecule has 2 bridgehead atoms. The molecule has 21 heavy (non-hydrogen) atoms. The van der Waals surface area contributed by atoms with Crippen molar-refractivity contribution in [3.05, 3.63) is 42.5 Å². The van der Waals surface area contributed by atoms with Crippen molar-refractivity contribution in [3.63, 3.8) is 0 Å². The first kappa shape index (κ1) is 12.4. The topological polar surface area (TPSA) is 64.6 Å². The molecule has 1 aromatic rings. The monoisotopic (exact) mass is 285 g/mol. The Morgan fingerprint density at radius 3 is 2.76 bits per heavy atom. The predicted octanol–water partition coefficient (Wildman–Crippen LogP) is 2.56. The molecule has 5 unspecified atom stereocenters. The number of fused-ring (bicyclic) bond motifs is 5. The number of allylic oxidation sites excluding steroid dienone is 2. The van der Waals surface area contributed by atoms with E-state index in [2.05, 4.69) is 17.5 Å². The zero-order chi connectivity index (χ0) is 14.4. The fourth-order valence-electron chi connectivity index (χ4n) is 3.71. The van der Waals surface area contributed by atoms with E-state index in [9.17, 15) is 9.59 Å². The van der Waals surface area contributed by atoms with E-state index in [1.807, 2.05) is 18.2 Å². The molecule has 1 aliphatic heterocycles. The lowest BCUT2D eigenvalue weighted by Crippen LogP contribution is -2.30. The van der Waals surface area contributed by atoms with E-state index in [4.69, 9.17) is 9.47 Å². The number of carbonyl (C=O) groups is 2. The number of benzene rings is 1. The van der Waals surface area contributed by atoms with E-state index in [1.165, 1.54) is 0 Å². The predicted molar refractivity (Wildman–Crippen MR) is 74.1 cm³/mol. The van der Waals surface area contributed by atoms with Crippen LogP contribution < -0.4 is 5.32 Å². The highest BCUT2D eigenvalue weighted by atomic mass is 16.7. The molecule has 1 saturated carbocycles. The fourth-order valence-corrected chi connectivity index (χ4v) is 3.71. The lowest BCUT2D eigenvalue weighted by Gasteiger charge is -2.21. The van der Waals surface area contributed by atoms with Crippen molar-refractivity contribution in [2.75, 3.05) is 5.32 Å². The number of carbonyl (C=O) groups excluding carboxylic acids is 2. The van der Waals surface area contributed by atoms with Crippen LogP contribution in [-0.4, -0.2) is 18.4 Å². The van der Waals surface area contributed by atoms with E-state index >= 15 is 0 Å². The van der Waals surface area contributed by atoms with Gasteiger partial charge in [-0.15, -0.1) is 0 Å². The van der Waals surface area contributed by atoms with Crippen LogP contribution in [0.3, 0.4) is 0 Å². The van der Waals surface area contributed by atoms with E-state index in [1.54, 1.807) is 12.1 Å². The molecule has 1 N–H and O–H groups in total. The zero-order valence-corrected chi connectivity index (χ0v) is 11.3. The van der Waals surface area contributed by atoms with Crippen LogP contribution in [0.1, 0.15) is 6.42 Å². The molecule has 3 aliphatic rings. The second kappa shape index (κ2) is 4.62. The number of anilines is 1. The fraction of sp³-hybridized carbons (Fsp3) is 0.375. The summed E-state index contributed by atoms with van der Waals surface area (Å²) in [7, 11) is 0. The molecule has 1 saturated heterocycles. The standard InChI is InChI=1S/C16H15NO4/c18-14-12-9-6-7-10(8-9)13(12)15(20-14)21-16(19)17-11-4-2-1-3-5-11/h1-7,9-10,12-13,15H,8H2,(H,17,19). The largest absolute Gasteiger partial charge is 0.424 e. The van der Waals surface area contributed by atoms with Crippen molar-refractivity contribution >= 4 is 17.7 Å². The van der Waals surface area contributed by atoms with Gasteiger partial charge in [0.25, 0.3) is 6.29 Å². The summed E-state index contributed by atoms with van der Waals surface area (Å²) in [5.41, 5.74) is 0.649. The smallest absolute Gasteiger partial charge is 0.414 e. The van der Waals surface area contributed by atoms with Crippen LogP contribution in [0.2, 0.25) is 0 Å². The number of para-hydroxylation sites is 1. The highest BCUT2D eigenvalue weighted by molar-refractivity contribution is 5.85. The van der Waals surface area contributed by atoms with Gasteiger partial charge in [-0.25, -0.2) is 4.79 Å². The van der Waals surface area contributed by atoms with E-state index in [-0.39, 0.29) is 29.6 Å². The summed E-state index contributed by atoms with van der Waals surface area (Å²) in [6.07, 6.45) is 3.79. The molecule has 1 aromatic carbocycles. The molecule has 0 aromatic heterocycles.